The van der Waals surface area contributed by atoms with E-state index in [0.29, 0.717) is 6.54 Å². The number of amides is 2. The van der Waals surface area contributed by atoms with Gasteiger partial charge in [-0.25, -0.2) is 4.79 Å². The van der Waals surface area contributed by atoms with Gasteiger partial charge in [-0.1, -0.05) is 12.8 Å². The summed E-state index contributed by atoms with van der Waals surface area (Å²) >= 11 is 0. The fourth-order valence-corrected chi connectivity index (χ4v) is 1.58. The summed E-state index contributed by atoms with van der Waals surface area (Å²) in [7, 11) is 0. The highest BCUT2D eigenvalue weighted by molar-refractivity contribution is 5.74. The summed E-state index contributed by atoms with van der Waals surface area (Å²) < 4.78 is 0. The molecule has 1 unspecified atom stereocenters. The van der Waals surface area contributed by atoms with Crippen molar-refractivity contribution in [2.24, 2.45) is 0 Å². The summed E-state index contributed by atoms with van der Waals surface area (Å²) in [5, 5.41) is 8.90. The van der Waals surface area contributed by atoms with Crippen LogP contribution in [0.2, 0.25) is 0 Å². The second-order valence-electron chi connectivity index (χ2n) is 3.57. The Morgan fingerprint density at radius 2 is 2.33 bits per heavy atom. The quantitative estimate of drug-likeness (QED) is 0.578. The van der Waals surface area contributed by atoms with Crippen molar-refractivity contribution in [1.29, 1.82) is 0 Å². The van der Waals surface area contributed by atoms with Crippen LogP contribution in [0.5, 0.6) is 0 Å². The minimum Gasteiger partial charge on any atom is -0.338 e. The third kappa shape index (κ3) is 4.22. The molecule has 0 bridgehead atoms. The van der Waals surface area contributed by atoms with E-state index >= 15 is 0 Å². The van der Waals surface area contributed by atoms with E-state index in [1.165, 1.54) is 0 Å². The van der Waals surface area contributed by atoms with Crippen LogP contribution in [0, 0.1) is 11.8 Å². The van der Waals surface area contributed by atoms with Gasteiger partial charge < -0.3 is 16.0 Å². The van der Waals surface area contributed by atoms with Gasteiger partial charge in [-0.05, 0) is 13.3 Å². The second kappa shape index (κ2) is 6.31. The van der Waals surface area contributed by atoms with Crippen molar-refractivity contribution in [3.8, 4) is 11.8 Å². The molecule has 1 fully saturated rings. The Kier molecular flexibility index (Phi) is 4.99. The van der Waals surface area contributed by atoms with Crippen LogP contribution in [0.15, 0.2) is 0 Å². The summed E-state index contributed by atoms with van der Waals surface area (Å²) in [5.74, 6) is 6.18. The van der Waals surface area contributed by atoms with Gasteiger partial charge in [-0.3, -0.25) is 0 Å². The van der Waals surface area contributed by atoms with E-state index in [2.05, 4.69) is 27.8 Å². The van der Waals surface area contributed by atoms with Gasteiger partial charge in [0.05, 0.1) is 6.04 Å². The zero-order valence-corrected chi connectivity index (χ0v) is 9.39. The van der Waals surface area contributed by atoms with Crippen molar-refractivity contribution in [2.75, 3.05) is 13.1 Å². The molecular formula is C11H19N3O. The van der Waals surface area contributed by atoms with Gasteiger partial charge in [-0.2, -0.15) is 0 Å². The van der Waals surface area contributed by atoms with Crippen LogP contribution in [0.4, 0.5) is 4.79 Å². The Balaban J connectivity index is 2.27. The van der Waals surface area contributed by atoms with Gasteiger partial charge in [0.25, 0.3) is 0 Å². The maximum Gasteiger partial charge on any atom is 0.315 e. The van der Waals surface area contributed by atoms with Crippen LogP contribution in [-0.4, -0.2) is 31.2 Å². The molecule has 15 heavy (non-hydrogen) atoms. The van der Waals surface area contributed by atoms with Crippen molar-refractivity contribution in [1.82, 2.24) is 16.0 Å². The maximum absolute atomic E-state index is 11.2. The van der Waals surface area contributed by atoms with Gasteiger partial charge in [0.1, 0.15) is 0 Å². The molecule has 0 aromatic heterocycles. The summed E-state index contributed by atoms with van der Waals surface area (Å²) in [6.07, 6.45) is 1.77. The van der Waals surface area contributed by atoms with E-state index in [0.717, 1.165) is 19.4 Å². The second-order valence-corrected chi connectivity index (χ2v) is 3.57. The third-order valence-electron chi connectivity index (χ3n) is 2.26. The minimum absolute atomic E-state index is 0.0894. The molecule has 3 N–H and O–H groups in total. The molecule has 1 saturated heterocycles. The van der Waals surface area contributed by atoms with Crippen LogP contribution < -0.4 is 16.0 Å². The molecule has 1 heterocycles. The van der Waals surface area contributed by atoms with Crippen molar-refractivity contribution in [2.45, 2.75) is 38.8 Å². The summed E-state index contributed by atoms with van der Waals surface area (Å²) in [6, 6.07) is 0.345. The lowest BCUT2D eigenvalue weighted by atomic mass is 10.2. The number of carbonyl (C=O) groups excluding carboxylic acids is 1. The van der Waals surface area contributed by atoms with Crippen molar-refractivity contribution in [3.05, 3.63) is 0 Å². The normalized spacial score (nSPS) is 24.1. The molecule has 1 aliphatic rings. The summed E-state index contributed by atoms with van der Waals surface area (Å²) in [4.78, 5) is 11.2. The van der Waals surface area contributed by atoms with Crippen LogP contribution in [-0.2, 0) is 0 Å². The number of urea groups is 1. The summed E-state index contributed by atoms with van der Waals surface area (Å²) in [5.41, 5.74) is 0. The fourth-order valence-electron chi connectivity index (χ4n) is 1.58. The molecule has 2 atom stereocenters. The first kappa shape index (κ1) is 11.9. The van der Waals surface area contributed by atoms with Crippen LogP contribution in [0.1, 0.15) is 26.7 Å². The zero-order chi connectivity index (χ0) is 11.1. The van der Waals surface area contributed by atoms with Crippen LogP contribution >= 0.6 is 0 Å². The predicted molar refractivity (Wildman–Crippen MR) is 60.5 cm³/mol. The molecule has 0 saturated carbocycles. The Bertz CT molecular complexity index is 267. The molecule has 4 heteroatoms. The lowest BCUT2D eigenvalue weighted by Gasteiger charge is -2.11. The lowest BCUT2D eigenvalue weighted by Crippen LogP contribution is -2.42. The smallest absolute Gasteiger partial charge is 0.315 e. The molecule has 0 aliphatic carbocycles. The minimum atomic E-state index is -0.0894. The largest absolute Gasteiger partial charge is 0.338 e. The number of rotatable bonds is 2. The van der Waals surface area contributed by atoms with E-state index in [-0.39, 0.29) is 18.1 Å². The van der Waals surface area contributed by atoms with Gasteiger partial charge in [0.15, 0.2) is 0 Å². The van der Waals surface area contributed by atoms with Crippen molar-refractivity contribution < 1.29 is 4.79 Å². The number of hydrogen-bond donors (Lipinski definition) is 3. The molecular weight excluding hydrogens is 190 g/mol. The highest BCUT2D eigenvalue weighted by Gasteiger charge is 2.23. The standard InChI is InChI=1S/C11H19N3O/c1-3-5-6-9-7-10(8-13-9)14-11(15)12-4-2/h9-10,13H,3-4,7-8H2,1-2H3,(H2,12,14,15)/t9?,10-/m0/s1. The third-order valence-corrected chi connectivity index (χ3v) is 2.26. The average molecular weight is 209 g/mol. The first-order valence-electron chi connectivity index (χ1n) is 5.52. The van der Waals surface area contributed by atoms with E-state index in [9.17, 15) is 4.79 Å². The van der Waals surface area contributed by atoms with Gasteiger partial charge in [0.2, 0.25) is 0 Å². The van der Waals surface area contributed by atoms with Gasteiger partial charge in [-0.15, -0.1) is 5.92 Å². The Morgan fingerprint density at radius 1 is 1.53 bits per heavy atom. The monoisotopic (exact) mass is 209 g/mol. The van der Waals surface area contributed by atoms with Gasteiger partial charge in [0, 0.05) is 25.6 Å². The number of hydrogen-bond acceptors (Lipinski definition) is 2. The highest BCUT2D eigenvalue weighted by Crippen LogP contribution is 2.05. The molecule has 1 rings (SSSR count). The first-order chi connectivity index (χ1) is 7.26. The Hall–Kier alpha value is -1.21. The molecule has 0 radical (unpaired) electrons. The molecule has 0 spiro atoms. The SMILES string of the molecule is CCC#CC1C[C@H](NC(=O)NCC)CN1. The molecule has 84 valence electrons. The highest BCUT2D eigenvalue weighted by atomic mass is 16.2. The zero-order valence-electron chi connectivity index (χ0n) is 9.39. The lowest BCUT2D eigenvalue weighted by molar-refractivity contribution is 0.238. The van der Waals surface area contributed by atoms with Gasteiger partial charge >= 0.3 is 6.03 Å². The van der Waals surface area contributed by atoms with E-state index < -0.39 is 0 Å². The maximum atomic E-state index is 11.2. The van der Waals surface area contributed by atoms with Crippen LogP contribution in [0.25, 0.3) is 0 Å². The van der Waals surface area contributed by atoms with E-state index in [1.807, 2.05) is 13.8 Å². The van der Waals surface area contributed by atoms with Crippen molar-refractivity contribution >= 4 is 6.03 Å². The molecule has 0 aromatic rings. The molecule has 2 amide bonds. The van der Waals surface area contributed by atoms with Crippen LogP contribution in [0.3, 0.4) is 0 Å². The number of nitrogens with one attached hydrogen (secondary N) is 3. The van der Waals surface area contributed by atoms with E-state index in [4.69, 9.17) is 0 Å². The summed E-state index contributed by atoms with van der Waals surface area (Å²) in [6.45, 7) is 5.40. The molecule has 0 aromatic carbocycles. The molecule has 1 aliphatic heterocycles. The molecule has 4 nitrogen and oxygen atoms in total. The van der Waals surface area contributed by atoms with E-state index in [1.54, 1.807) is 0 Å². The predicted octanol–water partition coefficient (Wildman–Crippen LogP) is 0.449. The Morgan fingerprint density at radius 3 is 3.00 bits per heavy atom. The average Bonchev–Trinajstić information content (AvgIpc) is 2.63. The van der Waals surface area contributed by atoms with Crippen molar-refractivity contribution in [3.63, 3.8) is 0 Å². The number of carbonyl (C=O) groups is 1. The first-order valence-corrected chi connectivity index (χ1v) is 5.52. The Labute approximate surface area is 91.2 Å². The topological polar surface area (TPSA) is 53.2 Å². The fraction of sp³-hybridized carbons (Fsp3) is 0.727.